The fourth-order valence-electron chi connectivity index (χ4n) is 3.24. The molecule has 0 spiro atoms. The molecule has 160 valence electrons. The van der Waals surface area contributed by atoms with E-state index in [1.807, 2.05) is 42.5 Å². The van der Waals surface area contributed by atoms with E-state index in [1.165, 1.54) is 0 Å². The van der Waals surface area contributed by atoms with Crippen molar-refractivity contribution < 1.29 is 9.26 Å². The number of para-hydroxylation sites is 1. The number of nitrogens with zero attached hydrogens (tertiary/aromatic N) is 5. The highest BCUT2D eigenvalue weighted by Crippen LogP contribution is 2.32. The van der Waals surface area contributed by atoms with Gasteiger partial charge in [0.2, 0.25) is 5.95 Å². The zero-order valence-electron chi connectivity index (χ0n) is 18.2. The Morgan fingerprint density at radius 1 is 1.03 bits per heavy atom. The minimum Gasteiger partial charge on any atom is -0.494 e. The number of rotatable bonds is 8. The van der Waals surface area contributed by atoms with Gasteiger partial charge in [-0.2, -0.15) is 0 Å². The van der Waals surface area contributed by atoms with Gasteiger partial charge in [0.1, 0.15) is 11.4 Å². The number of hydrogen-bond acceptors (Lipinski definition) is 8. The molecule has 0 aliphatic carbocycles. The molecule has 2 aromatic carbocycles. The van der Waals surface area contributed by atoms with Gasteiger partial charge in [0.25, 0.3) is 0 Å². The second kappa shape index (κ2) is 9.01. The SMILES string of the molecule is COc1cc(N(C)CCN(C)C)ccc1Nc1nccc(-c2noc3ccccc23)n1. The maximum Gasteiger partial charge on any atom is 0.227 e. The highest BCUT2D eigenvalue weighted by Gasteiger charge is 2.13. The van der Waals surface area contributed by atoms with Crippen molar-refractivity contribution in [3.8, 4) is 17.1 Å². The van der Waals surface area contributed by atoms with Crippen molar-refractivity contribution in [2.75, 3.05) is 51.6 Å². The first-order valence-corrected chi connectivity index (χ1v) is 10.0. The van der Waals surface area contributed by atoms with Crippen molar-refractivity contribution >= 4 is 28.3 Å². The summed E-state index contributed by atoms with van der Waals surface area (Å²) in [5.74, 6) is 1.17. The first kappa shape index (κ1) is 20.6. The third-order valence-corrected chi connectivity index (χ3v) is 5.03. The molecule has 2 heterocycles. The number of ether oxygens (including phenoxy) is 1. The first-order chi connectivity index (χ1) is 15.0. The lowest BCUT2D eigenvalue weighted by Gasteiger charge is -2.22. The number of methoxy groups -OCH3 is 1. The Hall–Kier alpha value is -3.65. The van der Waals surface area contributed by atoms with Crippen LogP contribution in [0.25, 0.3) is 22.4 Å². The Morgan fingerprint density at radius 2 is 1.87 bits per heavy atom. The molecule has 8 heteroatoms. The summed E-state index contributed by atoms with van der Waals surface area (Å²) in [5.41, 5.74) is 3.95. The van der Waals surface area contributed by atoms with Crippen molar-refractivity contribution in [1.82, 2.24) is 20.0 Å². The monoisotopic (exact) mass is 418 g/mol. The van der Waals surface area contributed by atoms with Crippen LogP contribution >= 0.6 is 0 Å². The van der Waals surface area contributed by atoms with Gasteiger partial charge < -0.3 is 24.4 Å². The van der Waals surface area contributed by atoms with Gasteiger partial charge in [0, 0.05) is 38.1 Å². The van der Waals surface area contributed by atoms with Crippen LogP contribution in [0.5, 0.6) is 5.75 Å². The van der Waals surface area contributed by atoms with Crippen LogP contribution in [0.15, 0.2) is 59.3 Å². The van der Waals surface area contributed by atoms with Crippen molar-refractivity contribution in [1.29, 1.82) is 0 Å². The predicted molar refractivity (Wildman–Crippen MR) is 123 cm³/mol. The molecule has 0 saturated carbocycles. The number of hydrogen-bond donors (Lipinski definition) is 1. The van der Waals surface area contributed by atoms with E-state index in [0.717, 1.165) is 41.2 Å². The van der Waals surface area contributed by atoms with E-state index in [9.17, 15) is 0 Å². The highest BCUT2D eigenvalue weighted by atomic mass is 16.5. The van der Waals surface area contributed by atoms with E-state index < -0.39 is 0 Å². The van der Waals surface area contributed by atoms with Gasteiger partial charge in [0.05, 0.1) is 23.9 Å². The summed E-state index contributed by atoms with van der Waals surface area (Å²) in [4.78, 5) is 13.3. The second-order valence-corrected chi connectivity index (χ2v) is 7.53. The molecule has 1 N–H and O–H groups in total. The lowest BCUT2D eigenvalue weighted by molar-refractivity contribution is 0.413. The average molecular weight is 419 g/mol. The van der Waals surface area contributed by atoms with Crippen LogP contribution in [0.4, 0.5) is 17.3 Å². The smallest absolute Gasteiger partial charge is 0.227 e. The van der Waals surface area contributed by atoms with Crippen molar-refractivity contribution in [2.24, 2.45) is 0 Å². The number of likely N-dealkylation sites (N-methyl/N-ethyl adjacent to an activating group) is 2. The van der Waals surface area contributed by atoms with Gasteiger partial charge in [-0.25, -0.2) is 9.97 Å². The van der Waals surface area contributed by atoms with Crippen molar-refractivity contribution in [2.45, 2.75) is 0 Å². The summed E-state index contributed by atoms with van der Waals surface area (Å²) in [6.45, 7) is 1.88. The van der Waals surface area contributed by atoms with E-state index >= 15 is 0 Å². The molecular formula is C23H26N6O2. The third kappa shape index (κ3) is 4.59. The summed E-state index contributed by atoms with van der Waals surface area (Å²) in [6, 6.07) is 15.6. The molecule has 0 aliphatic rings. The van der Waals surface area contributed by atoms with Gasteiger partial charge in [-0.3, -0.25) is 0 Å². The van der Waals surface area contributed by atoms with Crippen LogP contribution in [0.3, 0.4) is 0 Å². The summed E-state index contributed by atoms with van der Waals surface area (Å²) in [7, 11) is 7.86. The fourth-order valence-corrected chi connectivity index (χ4v) is 3.24. The lowest BCUT2D eigenvalue weighted by Crippen LogP contribution is -2.28. The molecule has 31 heavy (non-hydrogen) atoms. The molecule has 0 saturated heterocycles. The Kier molecular flexibility index (Phi) is 5.99. The molecule has 4 aromatic rings. The van der Waals surface area contributed by atoms with E-state index in [0.29, 0.717) is 17.3 Å². The third-order valence-electron chi connectivity index (χ3n) is 5.03. The van der Waals surface area contributed by atoms with Crippen molar-refractivity contribution in [3.63, 3.8) is 0 Å². The van der Waals surface area contributed by atoms with Crippen LogP contribution in [0.1, 0.15) is 0 Å². The Labute approximate surface area is 181 Å². The topological polar surface area (TPSA) is 79.5 Å². The van der Waals surface area contributed by atoms with Crippen LogP contribution in [0.2, 0.25) is 0 Å². The standard InChI is InChI=1S/C23H26N6O2/c1-28(2)13-14-29(3)16-9-10-18(21(15-16)30-4)25-23-24-12-11-19(26-23)22-17-7-5-6-8-20(17)31-27-22/h5-12,15H,13-14H2,1-4H3,(H,24,25,26). The summed E-state index contributed by atoms with van der Waals surface area (Å²) < 4.78 is 11.0. The van der Waals surface area contributed by atoms with Gasteiger partial charge in [-0.05, 0) is 44.4 Å². The molecular weight excluding hydrogens is 392 g/mol. The molecule has 4 rings (SSSR count). The molecule has 2 aromatic heterocycles. The van der Waals surface area contributed by atoms with Crippen LogP contribution in [-0.4, -0.2) is 61.4 Å². The summed E-state index contributed by atoms with van der Waals surface area (Å²) >= 11 is 0. The molecule has 0 fully saturated rings. The van der Waals surface area contributed by atoms with Gasteiger partial charge in [-0.15, -0.1) is 0 Å². The van der Waals surface area contributed by atoms with Crippen LogP contribution in [0, 0.1) is 0 Å². The van der Waals surface area contributed by atoms with Gasteiger partial charge in [0.15, 0.2) is 5.58 Å². The predicted octanol–water partition coefficient (Wildman–Crippen LogP) is 4.03. The largest absolute Gasteiger partial charge is 0.494 e. The lowest BCUT2D eigenvalue weighted by atomic mass is 10.2. The number of fused-ring (bicyclic) bond motifs is 1. The minimum absolute atomic E-state index is 0.455. The van der Waals surface area contributed by atoms with E-state index in [1.54, 1.807) is 13.3 Å². The number of anilines is 3. The Bertz CT molecular complexity index is 1170. The normalized spacial score (nSPS) is 11.1. The van der Waals surface area contributed by atoms with E-state index in [2.05, 4.69) is 57.5 Å². The van der Waals surface area contributed by atoms with Crippen molar-refractivity contribution in [3.05, 3.63) is 54.7 Å². The summed E-state index contributed by atoms with van der Waals surface area (Å²) in [5, 5.41) is 8.35. The summed E-state index contributed by atoms with van der Waals surface area (Å²) in [6.07, 6.45) is 1.70. The minimum atomic E-state index is 0.455. The molecule has 0 bridgehead atoms. The van der Waals surface area contributed by atoms with Crippen LogP contribution < -0.4 is 15.0 Å². The fraction of sp³-hybridized carbons (Fsp3) is 0.261. The van der Waals surface area contributed by atoms with Gasteiger partial charge in [-0.1, -0.05) is 17.3 Å². The second-order valence-electron chi connectivity index (χ2n) is 7.53. The number of aromatic nitrogens is 3. The highest BCUT2D eigenvalue weighted by molar-refractivity contribution is 5.90. The maximum atomic E-state index is 5.61. The zero-order chi connectivity index (χ0) is 21.8. The quantitative estimate of drug-likeness (QED) is 0.459. The van der Waals surface area contributed by atoms with Crippen LogP contribution in [-0.2, 0) is 0 Å². The Balaban J connectivity index is 1.57. The molecule has 0 aliphatic heterocycles. The first-order valence-electron chi connectivity index (χ1n) is 10.0. The molecule has 8 nitrogen and oxygen atoms in total. The average Bonchev–Trinajstić information content (AvgIpc) is 3.22. The Morgan fingerprint density at radius 3 is 2.68 bits per heavy atom. The number of nitrogens with one attached hydrogen (secondary N) is 1. The van der Waals surface area contributed by atoms with Gasteiger partial charge >= 0.3 is 0 Å². The zero-order valence-corrected chi connectivity index (χ0v) is 18.2. The molecule has 0 unspecified atom stereocenters. The number of benzene rings is 2. The molecule has 0 amide bonds. The molecule has 0 radical (unpaired) electrons. The molecule has 0 atom stereocenters. The maximum absolute atomic E-state index is 5.61. The van der Waals surface area contributed by atoms with E-state index in [4.69, 9.17) is 9.26 Å². The van der Waals surface area contributed by atoms with E-state index in [-0.39, 0.29) is 0 Å².